The molecule has 0 aromatic carbocycles. The molecule has 80 valence electrons. The average Bonchev–Trinajstić information content (AvgIpc) is 2.58. The van der Waals surface area contributed by atoms with Crippen molar-refractivity contribution in [2.24, 2.45) is 0 Å². The van der Waals surface area contributed by atoms with E-state index in [1.54, 1.807) is 0 Å². The zero-order valence-electron chi connectivity index (χ0n) is 8.48. The van der Waals surface area contributed by atoms with Crippen molar-refractivity contribution < 1.29 is 0 Å². The van der Waals surface area contributed by atoms with Crippen LogP contribution < -0.4 is 10.6 Å². The van der Waals surface area contributed by atoms with E-state index in [4.69, 9.17) is 0 Å². The molecule has 2 N–H and O–H groups in total. The van der Waals surface area contributed by atoms with Crippen molar-refractivity contribution in [3.8, 4) is 0 Å². The molecule has 1 aromatic heterocycles. The fourth-order valence-electron chi connectivity index (χ4n) is 1.19. The minimum absolute atomic E-state index is 1.01. The number of thiophene rings is 1. The number of hydrogen-bond acceptors (Lipinski definition) is 3. The van der Waals surface area contributed by atoms with Gasteiger partial charge in [-0.05, 0) is 65.7 Å². The molecular weight excluding hydrogens is 307 g/mol. The lowest BCUT2D eigenvalue weighted by Crippen LogP contribution is -2.21. The van der Waals surface area contributed by atoms with Gasteiger partial charge in [-0.2, -0.15) is 0 Å². The first kappa shape index (κ1) is 12.4. The Hall–Kier alpha value is 0.350. The molecule has 1 heterocycles. The molecule has 0 saturated carbocycles. The summed E-state index contributed by atoms with van der Waals surface area (Å²) in [6, 6.07) is 2.24. The average molecular weight is 324 g/mol. The second-order valence-electron chi connectivity index (χ2n) is 3.14. The fourth-order valence-corrected chi connectivity index (χ4v) is 2.60. The van der Waals surface area contributed by atoms with Crippen LogP contribution in [0.3, 0.4) is 0 Å². The minimum atomic E-state index is 1.01. The van der Waals surface area contributed by atoms with Crippen LogP contribution in [-0.2, 0) is 6.54 Å². The largest absolute Gasteiger partial charge is 0.317 e. The van der Waals surface area contributed by atoms with Crippen molar-refractivity contribution in [3.05, 3.63) is 19.9 Å². The van der Waals surface area contributed by atoms with Gasteiger partial charge in [0.1, 0.15) is 0 Å². The van der Waals surface area contributed by atoms with E-state index in [1.807, 2.05) is 11.3 Å². The Bertz CT molecular complexity index is 250. The van der Waals surface area contributed by atoms with Crippen LogP contribution >= 0.6 is 33.9 Å². The van der Waals surface area contributed by atoms with Crippen molar-refractivity contribution in [1.82, 2.24) is 10.6 Å². The van der Waals surface area contributed by atoms with E-state index in [0.29, 0.717) is 0 Å². The van der Waals surface area contributed by atoms with E-state index < -0.39 is 0 Å². The van der Waals surface area contributed by atoms with Crippen LogP contribution in [-0.4, -0.2) is 19.6 Å². The second-order valence-corrected chi connectivity index (χ2v) is 5.95. The van der Waals surface area contributed by atoms with Crippen molar-refractivity contribution in [1.29, 1.82) is 0 Å². The van der Waals surface area contributed by atoms with E-state index in [0.717, 1.165) is 26.2 Å². The van der Waals surface area contributed by atoms with E-state index >= 15 is 0 Å². The molecule has 0 radical (unpaired) electrons. The van der Waals surface area contributed by atoms with Gasteiger partial charge in [-0.3, -0.25) is 0 Å². The second kappa shape index (κ2) is 7.62. The summed E-state index contributed by atoms with van der Waals surface area (Å²) in [5, 5.41) is 8.97. The SMILES string of the molecule is CCNCCCNCc1csc(I)c1. The standard InChI is InChI=1S/C10H17IN2S/c1-2-12-4-3-5-13-7-9-6-10(11)14-8-9/h6,8,12-13H,2-5,7H2,1H3. The number of halogens is 1. The molecule has 0 aliphatic carbocycles. The predicted octanol–water partition coefficient (Wildman–Crippen LogP) is 2.44. The van der Waals surface area contributed by atoms with Crippen LogP contribution in [0.15, 0.2) is 11.4 Å². The minimum Gasteiger partial charge on any atom is -0.317 e. The molecule has 0 bridgehead atoms. The Morgan fingerprint density at radius 2 is 2.14 bits per heavy atom. The highest BCUT2D eigenvalue weighted by atomic mass is 127. The third-order valence-electron chi connectivity index (χ3n) is 1.91. The van der Waals surface area contributed by atoms with Gasteiger partial charge in [0.25, 0.3) is 0 Å². The van der Waals surface area contributed by atoms with Gasteiger partial charge in [-0.1, -0.05) is 6.92 Å². The molecule has 1 rings (SSSR count). The molecule has 0 aliphatic heterocycles. The van der Waals surface area contributed by atoms with Crippen LogP contribution in [0.1, 0.15) is 18.9 Å². The summed E-state index contributed by atoms with van der Waals surface area (Å²) in [6.45, 7) is 6.43. The third-order valence-corrected chi connectivity index (χ3v) is 3.75. The molecule has 14 heavy (non-hydrogen) atoms. The van der Waals surface area contributed by atoms with E-state index in [1.165, 1.54) is 14.9 Å². The van der Waals surface area contributed by atoms with E-state index in [9.17, 15) is 0 Å². The summed E-state index contributed by atoms with van der Waals surface area (Å²) >= 11 is 4.17. The van der Waals surface area contributed by atoms with E-state index in [-0.39, 0.29) is 0 Å². The summed E-state index contributed by atoms with van der Waals surface area (Å²) in [7, 11) is 0. The molecule has 4 heteroatoms. The van der Waals surface area contributed by atoms with Gasteiger partial charge in [0, 0.05) is 6.54 Å². The quantitative estimate of drug-likeness (QED) is 0.595. The van der Waals surface area contributed by atoms with Crippen molar-refractivity contribution in [2.45, 2.75) is 19.9 Å². The van der Waals surface area contributed by atoms with Gasteiger partial charge in [-0.15, -0.1) is 11.3 Å². The topological polar surface area (TPSA) is 24.1 Å². The third kappa shape index (κ3) is 5.29. The lowest BCUT2D eigenvalue weighted by atomic mass is 10.3. The maximum Gasteiger partial charge on any atom is 0.0656 e. The number of hydrogen-bond donors (Lipinski definition) is 2. The van der Waals surface area contributed by atoms with Crippen molar-refractivity contribution >= 4 is 33.9 Å². The first-order chi connectivity index (χ1) is 6.83. The number of rotatable bonds is 7. The molecule has 0 fully saturated rings. The van der Waals surface area contributed by atoms with Crippen LogP contribution in [0.5, 0.6) is 0 Å². The first-order valence-corrected chi connectivity index (χ1v) is 6.93. The van der Waals surface area contributed by atoms with Crippen LogP contribution in [0.2, 0.25) is 0 Å². The lowest BCUT2D eigenvalue weighted by Gasteiger charge is -2.03. The molecular formula is C10H17IN2S. The Morgan fingerprint density at radius 3 is 2.79 bits per heavy atom. The van der Waals surface area contributed by atoms with Gasteiger partial charge in [-0.25, -0.2) is 0 Å². The summed E-state index contributed by atoms with van der Waals surface area (Å²) < 4.78 is 1.37. The number of nitrogens with one attached hydrogen (secondary N) is 2. The molecule has 0 amide bonds. The van der Waals surface area contributed by atoms with Crippen molar-refractivity contribution in [2.75, 3.05) is 19.6 Å². The monoisotopic (exact) mass is 324 g/mol. The zero-order chi connectivity index (χ0) is 10.2. The molecule has 0 saturated heterocycles. The van der Waals surface area contributed by atoms with Gasteiger partial charge < -0.3 is 10.6 Å². The Kier molecular flexibility index (Phi) is 6.76. The Morgan fingerprint density at radius 1 is 1.36 bits per heavy atom. The zero-order valence-corrected chi connectivity index (χ0v) is 11.5. The molecule has 2 nitrogen and oxygen atoms in total. The lowest BCUT2D eigenvalue weighted by molar-refractivity contribution is 0.607. The maximum absolute atomic E-state index is 3.44. The predicted molar refractivity (Wildman–Crippen MR) is 71.9 cm³/mol. The van der Waals surface area contributed by atoms with Crippen LogP contribution in [0.25, 0.3) is 0 Å². The van der Waals surface area contributed by atoms with Gasteiger partial charge in [0.15, 0.2) is 0 Å². The Labute approximate surface area is 104 Å². The molecule has 1 aromatic rings. The summed E-state index contributed by atoms with van der Waals surface area (Å²) in [5.74, 6) is 0. The molecule has 0 atom stereocenters. The van der Waals surface area contributed by atoms with Gasteiger partial charge in [0.05, 0.1) is 2.88 Å². The smallest absolute Gasteiger partial charge is 0.0656 e. The highest BCUT2D eigenvalue weighted by Gasteiger charge is 1.95. The molecule has 0 aliphatic rings. The highest BCUT2D eigenvalue weighted by Crippen LogP contribution is 2.16. The Balaban J connectivity index is 1.99. The molecule has 0 unspecified atom stereocenters. The van der Waals surface area contributed by atoms with E-state index in [2.05, 4.69) is 51.6 Å². The summed E-state index contributed by atoms with van der Waals surface area (Å²) in [4.78, 5) is 0. The van der Waals surface area contributed by atoms with Crippen LogP contribution in [0.4, 0.5) is 0 Å². The highest BCUT2D eigenvalue weighted by molar-refractivity contribution is 14.1. The van der Waals surface area contributed by atoms with Crippen molar-refractivity contribution in [3.63, 3.8) is 0 Å². The van der Waals surface area contributed by atoms with Crippen LogP contribution in [0, 0.1) is 2.88 Å². The fraction of sp³-hybridized carbons (Fsp3) is 0.600. The van der Waals surface area contributed by atoms with Gasteiger partial charge in [0.2, 0.25) is 0 Å². The normalized spacial score (nSPS) is 10.7. The van der Waals surface area contributed by atoms with Gasteiger partial charge >= 0.3 is 0 Å². The molecule has 0 spiro atoms. The first-order valence-electron chi connectivity index (χ1n) is 4.97. The maximum atomic E-state index is 3.44. The summed E-state index contributed by atoms with van der Waals surface area (Å²) in [6.07, 6.45) is 1.20. The summed E-state index contributed by atoms with van der Waals surface area (Å²) in [5.41, 5.74) is 1.41.